The molecule has 3 rings (SSSR count). The summed E-state index contributed by atoms with van der Waals surface area (Å²) in [6.07, 6.45) is 2.15. The fourth-order valence-corrected chi connectivity index (χ4v) is 2.14. The highest BCUT2D eigenvalue weighted by atomic mass is 19.2. The Hall–Kier alpha value is -2.81. The molecule has 0 bridgehead atoms. The first kappa shape index (κ1) is 16.1. The third-order valence-electron chi connectivity index (χ3n) is 3.37. The van der Waals surface area contributed by atoms with Crippen molar-refractivity contribution in [2.75, 3.05) is 18.5 Å². The van der Waals surface area contributed by atoms with Crippen LogP contribution in [0.2, 0.25) is 0 Å². The summed E-state index contributed by atoms with van der Waals surface area (Å²) in [5.41, 5.74) is 0.667. The van der Waals surface area contributed by atoms with E-state index in [-0.39, 0.29) is 18.9 Å². The topological polar surface area (TPSA) is 85.1 Å². The molecule has 0 saturated carbocycles. The van der Waals surface area contributed by atoms with Gasteiger partial charge in [-0.2, -0.15) is 5.10 Å². The lowest BCUT2D eigenvalue weighted by Gasteiger charge is -2.14. The standard InChI is InChI=1S/C15H15F2N5O2/c1-22-15-11(6-21-22)14(19-8-20-15)18-5-9(23)7-24-10-2-3-12(16)13(17)4-10/h2-4,6,8-9,23H,5,7H2,1H3,(H,18,19,20). The molecule has 24 heavy (non-hydrogen) atoms. The number of ether oxygens (including phenoxy) is 1. The third kappa shape index (κ3) is 3.40. The minimum Gasteiger partial charge on any atom is -0.491 e. The van der Waals surface area contributed by atoms with Gasteiger partial charge >= 0.3 is 0 Å². The van der Waals surface area contributed by atoms with E-state index in [1.807, 2.05) is 0 Å². The molecule has 0 aliphatic heterocycles. The third-order valence-corrected chi connectivity index (χ3v) is 3.37. The number of hydrogen-bond acceptors (Lipinski definition) is 6. The summed E-state index contributed by atoms with van der Waals surface area (Å²) in [6.45, 7) is 0.0734. The fraction of sp³-hybridized carbons (Fsp3) is 0.267. The van der Waals surface area contributed by atoms with Gasteiger partial charge in [0.1, 0.15) is 30.6 Å². The number of aliphatic hydroxyl groups is 1. The first-order valence-electron chi connectivity index (χ1n) is 7.17. The van der Waals surface area contributed by atoms with E-state index in [0.29, 0.717) is 11.5 Å². The molecule has 0 aliphatic rings. The van der Waals surface area contributed by atoms with Gasteiger partial charge in [-0.3, -0.25) is 4.68 Å². The maximum absolute atomic E-state index is 13.1. The average Bonchev–Trinajstić information content (AvgIpc) is 2.96. The van der Waals surface area contributed by atoms with Crippen molar-refractivity contribution in [1.82, 2.24) is 19.7 Å². The molecule has 0 saturated heterocycles. The maximum atomic E-state index is 13.1. The van der Waals surface area contributed by atoms with Crippen LogP contribution >= 0.6 is 0 Å². The summed E-state index contributed by atoms with van der Waals surface area (Å²) in [7, 11) is 1.77. The summed E-state index contributed by atoms with van der Waals surface area (Å²) in [5.74, 6) is -1.27. The van der Waals surface area contributed by atoms with Crippen LogP contribution in [0.15, 0.2) is 30.7 Å². The van der Waals surface area contributed by atoms with Crippen molar-refractivity contribution in [2.45, 2.75) is 6.10 Å². The molecule has 2 N–H and O–H groups in total. The number of anilines is 1. The number of halogens is 2. The first-order valence-corrected chi connectivity index (χ1v) is 7.17. The molecule has 0 radical (unpaired) electrons. The van der Waals surface area contributed by atoms with Gasteiger partial charge in [-0.05, 0) is 12.1 Å². The molecule has 2 aromatic heterocycles. The molecular formula is C15H15F2N5O2. The van der Waals surface area contributed by atoms with Crippen LogP contribution in [0.3, 0.4) is 0 Å². The molecule has 126 valence electrons. The highest BCUT2D eigenvalue weighted by molar-refractivity contribution is 5.85. The Labute approximate surface area is 135 Å². The van der Waals surface area contributed by atoms with Crippen molar-refractivity contribution in [3.63, 3.8) is 0 Å². The van der Waals surface area contributed by atoms with Crippen molar-refractivity contribution >= 4 is 16.9 Å². The number of benzene rings is 1. The Balaban J connectivity index is 1.57. The molecule has 0 amide bonds. The minimum atomic E-state index is -1.000. The number of hydrogen-bond donors (Lipinski definition) is 2. The van der Waals surface area contributed by atoms with Crippen LogP contribution < -0.4 is 10.1 Å². The van der Waals surface area contributed by atoms with Crippen molar-refractivity contribution in [1.29, 1.82) is 0 Å². The van der Waals surface area contributed by atoms with Crippen molar-refractivity contribution in [2.24, 2.45) is 7.05 Å². The lowest BCUT2D eigenvalue weighted by Crippen LogP contribution is -2.26. The minimum absolute atomic E-state index is 0.0840. The van der Waals surface area contributed by atoms with Crippen molar-refractivity contribution < 1.29 is 18.6 Å². The molecular weight excluding hydrogens is 320 g/mol. The van der Waals surface area contributed by atoms with E-state index >= 15 is 0 Å². The molecule has 1 atom stereocenters. The van der Waals surface area contributed by atoms with E-state index in [9.17, 15) is 13.9 Å². The molecule has 0 aliphatic carbocycles. The lowest BCUT2D eigenvalue weighted by molar-refractivity contribution is 0.117. The zero-order valence-corrected chi connectivity index (χ0v) is 12.8. The molecule has 7 nitrogen and oxygen atoms in total. The molecule has 0 fully saturated rings. The Morgan fingerprint density at radius 3 is 2.92 bits per heavy atom. The Bertz CT molecular complexity index is 855. The first-order chi connectivity index (χ1) is 11.5. The summed E-state index contributed by atoms with van der Waals surface area (Å²) in [4.78, 5) is 8.23. The largest absolute Gasteiger partial charge is 0.491 e. The van der Waals surface area contributed by atoms with Crippen LogP contribution in [0.25, 0.3) is 11.0 Å². The van der Waals surface area contributed by atoms with Gasteiger partial charge in [0.05, 0.1) is 11.6 Å². The number of fused-ring (bicyclic) bond motifs is 1. The van der Waals surface area contributed by atoms with Crippen LogP contribution in [-0.4, -0.2) is 44.1 Å². The lowest BCUT2D eigenvalue weighted by atomic mass is 10.3. The number of rotatable bonds is 6. The monoisotopic (exact) mass is 335 g/mol. The van der Waals surface area contributed by atoms with Gasteiger partial charge in [0.25, 0.3) is 0 Å². The number of aliphatic hydroxyl groups excluding tert-OH is 1. The molecule has 3 aromatic rings. The summed E-state index contributed by atoms with van der Waals surface area (Å²) in [6, 6.07) is 3.19. The molecule has 1 unspecified atom stereocenters. The molecule has 1 aromatic carbocycles. The second-order valence-electron chi connectivity index (χ2n) is 5.15. The van der Waals surface area contributed by atoms with E-state index in [0.717, 1.165) is 17.5 Å². The average molecular weight is 335 g/mol. The SMILES string of the molecule is Cn1ncc2c(NCC(O)COc3ccc(F)c(F)c3)ncnc21. The smallest absolute Gasteiger partial charge is 0.163 e. The maximum Gasteiger partial charge on any atom is 0.163 e. The zero-order chi connectivity index (χ0) is 17.1. The van der Waals surface area contributed by atoms with Crippen LogP contribution in [0.1, 0.15) is 0 Å². The summed E-state index contributed by atoms with van der Waals surface area (Å²) < 4.78 is 32.8. The Morgan fingerprint density at radius 2 is 2.12 bits per heavy atom. The second kappa shape index (κ2) is 6.75. The van der Waals surface area contributed by atoms with E-state index in [4.69, 9.17) is 4.74 Å². The highest BCUT2D eigenvalue weighted by Crippen LogP contribution is 2.18. The van der Waals surface area contributed by atoms with Gasteiger partial charge in [0.15, 0.2) is 17.3 Å². The van der Waals surface area contributed by atoms with E-state index < -0.39 is 17.7 Å². The van der Waals surface area contributed by atoms with E-state index in [1.165, 1.54) is 12.4 Å². The van der Waals surface area contributed by atoms with Crippen LogP contribution in [0.5, 0.6) is 5.75 Å². The second-order valence-corrected chi connectivity index (χ2v) is 5.15. The predicted molar refractivity (Wildman–Crippen MR) is 82.7 cm³/mol. The van der Waals surface area contributed by atoms with E-state index in [1.54, 1.807) is 17.9 Å². The van der Waals surface area contributed by atoms with Gasteiger partial charge in [-0.1, -0.05) is 0 Å². The molecule has 9 heteroatoms. The summed E-state index contributed by atoms with van der Waals surface area (Å²) in [5, 5.41) is 17.8. The Morgan fingerprint density at radius 1 is 1.29 bits per heavy atom. The van der Waals surface area contributed by atoms with Crippen LogP contribution in [0, 0.1) is 11.6 Å². The summed E-state index contributed by atoms with van der Waals surface area (Å²) >= 11 is 0. The van der Waals surface area contributed by atoms with E-state index in [2.05, 4.69) is 20.4 Å². The molecule has 0 spiro atoms. The van der Waals surface area contributed by atoms with Gasteiger partial charge in [-0.25, -0.2) is 18.7 Å². The Kier molecular flexibility index (Phi) is 4.52. The quantitative estimate of drug-likeness (QED) is 0.710. The van der Waals surface area contributed by atoms with Crippen molar-refractivity contribution in [3.8, 4) is 5.75 Å². The zero-order valence-electron chi connectivity index (χ0n) is 12.8. The van der Waals surface area contributed by atoms with Gasteiger partial charge in [0, 0.05) is 19.7 Å². The normalized spacial score (nSPS) is 12.3. The van der Waals surface area contributed by atoms with Gasteiger partial charge in [0.2, 0.25) is 0 Å². The van der Waals surface area contributed by atoms with Crippen LogP contribution in [0.4, 0.5) is 14.6 Å². The number of nitrogens with one attached hydrogen (secondary N) is 1. The highest BCUT2D eigenvalue weighted by Gasteiger charge is 2.11. The van der Waals surface area contributed by atoms with Gasteiger partial charge in [-0.15, -0.1) is 0 Å². The molecule has 2 heterocycles. The van der Waals surface area contributed by atoms with Gasteiger partial charge < -0.3 is 15.2 Å². The van der Waals surface area contributed by atoms with Crippen LogP contribution in [-0.2, 0) is 7.05 Å². The van der Waals surface area contributed by atoms with Crippen molar-refractivity contribution in [3.05, 3.63) is 42.4 Å². The number of nitrogens with zero attached hydrogens (tertiary/aromatic N) is 4. The fourth-order valence-electron chi connectivity index (χ4n) is 2.14. The predicted octanol–water partition coefficient (Wildman–Crippen LogP) is 1.49. The number of aromatic nitrogens is 4. The number of aryl methyl sites for hydroxylation is 1.